The second-order valence-electron chi connectivity index (χ2n) is 5.25. The van der Waals surface area contributed by atoms with E-state index in [0.717, 1.165) is 12.8 Å². The summed E-state index contributed by atoms with van der Waals surface area (Å²) in [6.07, 6.45) is 5.94. The highest BCUT2D eigenvalue weighted by Crippen LogP contribution is 2.28. The Morgan fingerprint density at radius 1 is 1.33 bits per heavy atom. The average Bonchev–Trinajstić information content (AvgIpc) is 2.81. The van der Waals surface area contributed by atoms with E-state index >= 15 is 0 Å². The molecule has 1 amide bonds. The van der Waals surface area contributed by atoms with Crippen LogP contribution in [0.15, 0.2) is 6.07 Å². The molecule has 0 aliphatic heterocycles. The van der Waals surface area contributed by atoms with Crippen molar-refractivity contribution in [1.29, 1.82) is 0 Å². The minimum atomic E-state index is -1.07. The van der Waals surface area contributed by atoms with Crippen molar-refractivity contribution in [3.8, 4) is 0 Å². The summed E-state index contributed by atoms with van der Waals surface area (Å²) in [5.41, 5.74) is 1.28. The number of carboxylic acids is 1. The van der Waals surface area contributed by atoms with Crippen LogP contribution in [0.3, 0.4) is 0 Å². The third-order valence-electron chi connectivity index (χ3n) is 3.73. The number of amides is 1. The fourth-order valence-corrected chi connectivity index (χ4v) is 3.67. The SMILES string of the molecule is COC(CNC(=O)c1cc2c(s1)CCCCCC2)C(=O)O. The standard InChI is InChI=1S/C15H21NO4S/c1-20-11(15(18)19)9-16-14(17)13-8-10-6-4-2-3-5-7-12(10)21-13/h8,11H,2-7,9H2,1H3,(H,16,17)(H,18,19). The molecule has 1 aliphatic carbocycles. The average molecular weight is 311 g/mol. The van der Waals surface area contributed by atoms with Gasteiger partial charge in [-0.2, -0.15) is 0 Å². The zero-order valence-electron chi connectivity index (χ0n) is 12.2. The third-order valence-corrected chi connectivity index (χ3v) is 4.96. The zero-order chi connectivity index (χ0) is 15.2. The smallest absolute Gasteiger partial charge is 0.334 e. The molecule has 0 fully saturated rings. The molecule has 1 atom stereocenters. The molecule has 1 unspecified atom stereocenters. The maximum atomic E-state index is 12.1. The Balaban J connectivity index is 1.99. The van der Waals surface area contributed by atoms with Gasteiger partial charge in [-0.05, 0) is 37.3 Å². The van der Waals surface area contributed by atoms with Gasteiger partial charge in [0.25, 0.3) is 5.91 Å². The molecule has 0 radical (unpaired) electrons. The van der Waals surface area contributed by atoms with Crippen LogP contribution in [0.1, 0.15) is 45.8 Å². The molecule has 0 saturated heterocycles. The summed E-state index contributed by atoms with van der Waals surface area (Å²) >= 11 is 1.53. The topological polar surface area (TPSA) is 75.6 Å². The van der Waals surface area contributed by atoms with E-state index in [4.69, 9.17) is 9.84 Å². The minimum Gasteiger partial charge on any atom is -0.479 e. The lowest BCUT2D eigenvalue weighted by atomic mass is 10.00. The van der Waals surface area contributed by atoms with Crippen LogP contribution in [-0.2, 0) is 22.4 Å². The number of carbonyl (C=O) groups is 2. The number of aryl methyl sites for hydroxylation is 2. The Hall–Kier alpha value is -1.40. The Bertz CT molecular complexity index is 486. The van der Waals surface area contributed by atoms with E-state index in [2.05, 4.69) is 5.32 Å². The van der Waals surface area contributed by atoms with E-state index < -0.39 is 12.1 Å². The van der Waals surface area contributed by atoms with Gasteiger partial charge in [0.2, 0.25) is 0 Å². The van der Waals surface area contributed by atoms with Crippen molar-refractivity contribution in [3.05, 3.63) is 21.4 Å². The van der Waals surface area contributed by atoms with E-state index in [1.807, 2.05) is 6.07 Å². The summed E-state index contributed by atoms with van der Waals surface area (Å²) in [5, 5.41) is 11.5. The summed E-state index contributed by atoms with van der Waals surface area (Å²) in [7, 11) is 1.32. The third kappa shape index (κ3) is 4.28. The van der Waals surface area contributed by atoms with Gasteiger partial charge in [0, 0.05) is 12.0 Å². The number of fused-ring (bicyclic) bond motifs is 1. The van der Waals surface area contributed by atoms with Gasteiger partial charge >= 0.3 is 5.97 Å². The highest BCUT2D eigenvalue weighted by molar-refractivity contribution is 7.14. The molecule has 1 heterocycles. The van der Waals surface area contributed by atoms with Gasteiger partial charge in [0.15, 0.2) is 6.10 Å². The molecule has 0 spiro atoms. The van der Waals surface area contributed by atoms with Crippen molar-refractivity contribution < 1.29 is 19.4 Å². The van der Waals surface area contributed by atoms with Crippen molar-refractivity contribution >= 4 is 23.2 Å². The zero-order valence-corrected chi connectivity index (χ0v) is 13.0. The van der Waals surface area contributed by atoms with E-state index in [1.54, 1.807) is 0 Å². The van der Waals surface area contributed by atoms with Gasteiger partial charge < -0.3 is 15.2 Å². The first-order chi connectivity index (χ1) is 10.1. The molecule has 1 aromatic heterocycles. The van der Waals surface area contributed by atoms with E-state index in [0.29, 0.717) is 4.88 Å². The molecule has 1 aromatic rings. The van der Waals surface area contributed by atoms with Crippen LogP contribution < -0.4 is 5.32 Å². The molecular formula is C15H21NO4S. The number of hydrogen-bond donors (Lipinski definition) is 2. The highest BCUT2D eigenvalue weighted by atomic mass is 32.1. The second-order valence-corrected chi connectivity index (χ2v) is 6.38. The predicted octanol–water partition coefficient (Wildman–Crippen LogP) is 2.24. The Kier molecular flexibility index (Phi) is 5.76. The van der Waals surface area contributed by atoms with Crippen molar-refractivity contribution in [2.45, 2.75) is 44.6 Å². The van der Waals surface area contributed by atoms with Crippen LogP contribution >= 0.6 is 11.3 Å². The molecule has 2 N–H and O–H groups in total. The summed E-state index contributed by atoms with van der Waals surface area (Å²) in [6, 6.07) is 1.96. The van der Waals surface area contributed by atoms with Crippen LogP contribution in [0.5, 0.6) is 0 Å². The van der Waals surface area contributed by atoms with Crippen molar-refractivity contribution in [3.63, 3.8) is 0 Å². The Morgan fingerprint density at radius 2 is 2.05 bits per heavy atom. The first-order valence-corrected chi connectivity index (χ1v) is 8.09. The number of rotatable bonds is 5. The normalized spacial score (nSPS) is 16.4. The van der Waals surface area contributed by atoms with Crippen molar-refractivity contribution in [1.82, 2.24) is 5.32 Å². The molecular weight excluding hydrogens is 290 g/mol. The molecule has 1 aliphatic rings. The van der Waals surface area contributed by atoms with Crippen LogP contribution in [0.25, 0.3) is 0 Å². The fourth-order valence-electron chi connectivity index (χ4n) is 2.50. The largest absolute Gasteiger partial charge is 0.479 e. The number of methoxy groups -OCH3 is 1. The Labute approximate surface area is 128 Å². The van der Waals surface area contributed by atoms with Gasteiger partial charge in [0.1, 0.15) is 0 Å². The number of hydrogen-bond acceptors (Lipinski definition) is 4. The molecule has 5 nitrogen and oxygen atoms in total. The highest BCUT2D eigenvalue weighted by Gasteiger charge is 2.20. The molecule has 116 valence electrons. The number of carbonyl (C=O) groups excluding carboxylic acids is 1. The Morgan fingerprint density at radius 3 is 2.71 bits per heavy atom. The van der Waals surface area contributed by atoms with E-state index in [9.17, 15) is 9.59 Å². The summed E-state index contributed by atoms with van der Waals surface area (Å²) in [4.78, 5) is 24.9. The lowest BCUT2D eigenvalue weighted by Gasteiger charge is -2.10. The first-order valence-electron chi connectivity index (χ1n) is 7.27. The second kappa shape index (κ2) is 7.56. The van der Waals surface area contributed by atoms with Crippen LogP contribution in [0.2, 0.25) is 0 Å². The summed E-state index contributed by atoms with van der Waals surface area (Å²) < 4.78 is 4.80. The summed E-state index contributed by atoms with van der Waals surface area (Å²) in [5.74, 6) is -1.29. The molecule has 0 aromatic carbocycles. The van der Waals surface area contributed by atoms with Crippen LogP contribution in [0, 0.1) is 0 Å². The van der Waals surface area contributed by atoms with Gasteiger partial charge in [-0.1, -0.05) is 12.8 Å². The minimum absolute atomic E-state index is 0.0206. The number of nitrogens with one attached hydrogen (secondary N) is 1. The van der Waals surface area contributed by atoms with Crippen molar-refractivity contribution in [2.75, 3.05) is 13.7 Å². The fraction of sp³-hybridized carbons (Fsp3) is 0.600. The monoisotopic (exact) mass is 311 g/mol. The van der Waals surface area contributed by atoms with Crippen LogP contribution in [0.4, 0.5) is 0 Å². The lowest BCUT2D eigenvalue weighted by Crippen LogP contribution is -2.37. The number of thiophene rings is 1. The predicted molar refractivity (Wildman–Crippen MR) is 81.0 cm³/mol. The van der Waals surface area contributed by atoms with Gasteiger partial charge in [-0.15, -0.1) is 11.3 Å². The molecule has 0 bridgehead atoms. The van der Waals surface area contributed by atoms with E-state index in [1.165, 1.54) is 54.6 Å². The van der Waals surface area contributed by atoms with Gasteiger partial charge in [-0.25, -0.2) is 4.79 Å². The number of carboxylic acid groups (broad SMARTS) is 1. The maximum Gasteiger partial charge on any atom is 0.334 e. The van der Waals surface area contributed by atoms with Gasteiger partial charge in [0.05, 0.1) is 11.4 Å². The van der Waals surface area contributed by atoms with E-state index in [-0.39, 0.29) is 12.5 Å². The molecule has 2 rings (SSSR count). The first kappa shape index (κ1) is 16.0. The molecule has 6 heteroatoms. The van der Waals surface area contributed by atoms with Gasteiger partial charge in [-0.3, -0.25) is 4.79 Å². The maximum absolute atomic E-state index is 12.1. The van der Waals surface area contributed by atoms with Crippen LogP contribution in [-0.4, -0.2) is 36.7 Å². The van der Waals surface area contributed by atoms with Crippen molar-refractivity contribution in [2.24, 2.45) is 0 Å². The molecule has 21 heavy (non-hydrogen) atoms. The number of aliphatic carboxylic acids is 1. The number of ether oxygens (including phenoxy) is 1. The molecule has 0 saturated carbocycles. The lowest BCUT2D eigenvalue weighted by molar-refractivity contribution is -0.147. The quantitative estimate of drug-likeness (QED) is 0.874. The summed E-state index contributed by atoms with van der Waals surface area (Å²) in [6.45, 7) is -0.0206.